The summed E-state index contributed by atoms with van der Waals surface area (Å²) in [5.41, 5.74) is 2.09. The Hall–Kier alpha value is -2.49. The highest BCUT2D eigenvalue weighted by Crippen LogP contribution is 2.18. The molecule has 22 heavy (non-hydrogen) atoms. The van der Waals surface area contributed by atoms with Crippen molar-refractivity contribution in [2.45, 2.75) is 26.5 Å². The zero-order valence-electron chi connectivity index (χ0n) is 13.1. The highest BCUT2D eigenvalue weighted by Gasteiger charge is 2.10. The number of hydrogen-bond donors (Lipinski definition) is 0. The van der Waals surface area contributed by atoms with Crippen molar-refractivity contribution in [1.82, 2.24) is 9.36 Å². The van der Waals surface area contributed by atoms with Gasteiger partial charge in [-0.2, -0.15) is 0 Å². The lowest BCUT2D eigenvalue weighted by Gasteiger charge is -2.13. The quantitative estimate of drug-likeness (QED) is 0.741. The molecule has 0 radical (unpaired) electrons. The summed E-state index contributed by atoms with van der Waals surface area (Å²) in [5, 5.41) is 0.750. The van der Waals surface area contributed by atoms with Gasteiger partial charge in [-0.25, -0.2) is 0 Å². The number of para-hydroxylation sites is 1. The maximum absolute atomic E-state index is 12.3. The molecule has 0 fully saturated rings. The minimum atomic E-state index is 0.0326. The van der Waals surface area contributed by atoms with Crippen LogP contribution in [0.1, 0.15) is 19.4 Å². The summed E-state index contributed by atoms with van der Waals surface area (Å²) in [4.78, 5) is 12.3. The van der Waals surface area contributed by atoms with Crippen molar-refractivity contribution in [2.75, 3.05) is 0 Å². The molecule has 1 aromatic heterocycles. The maximum Gasteiger partial charge on any atom is 0.274 e. The van der Waals surface area contributed by atoms with E-state index in [2.05, 4.69) is 0 Å². The third-order valence-corrected chi connectivity index (χ3v) is 3.67. The summed E-state index contributed by atoms with van der Waals surface area (Å²) in [6.07, 6.45) is 0.145. The van der Waals surface area contributed by atoms with Crippen LogP contribution in [-0.2, 0) is 13.6 Å². The number of fused-ring (bicyclic) bond motifs is 1. The van der Waals surface area contributed by atoms with Crippen LogP contribution in [0.3, 0.4) is 0 Å². The Kier molecular flexibility index (Phi) is 3.75. The SMILES string of the molecule is CC(C)Oc1cccc(Cn2c3ccccc3c(=O)n2C)c1. The minimum absolute atomic E-state index is 0.0326. The second kappa shape index (κ2) is 5.72. The average molecular weight is 296 g/mol. The van der Waals surface area contributed by atoms with E-state index in [0.717, 1.165) is 22.2 Å². The van der Waals surface area contributed by atoms with Gasteiger partial charge in [0.1, 0.15) is 5.75 Å². The first kappa shape index (κ1) is 14.4. The summed E-state index contributed by atoms with van der Waals surface area (Å²) >= 11 is 0. The van der Waals surface area contributed by atoms with E-state index in [1.807, 2.05) is 67.1 Å². The third-order valence-electron chi connectivity index (χ3n) is 3.67. The van der Waals surface area contributed by atoms with Gasteiger partial charge in [-0.3, -0.25) is 14.2 Å². The van der Waals surface area contributed by atoms with Gasteiger partial charge in [0, 0.05) is 7.05 Å². The standard InChI is InChI=1S/C18H20N2O2/c1-13(2)22-15-8-6-7-14(11-15)12-20-17-10-5-4-9-16(17)18(21)19(20)3/h4-11,13H,12H2,1-3H3. The summed E-state index contributed by atoms with van der Waals surface area (Å²) in [7, 11) is 1.80. The van der Waals surface area contributed by atoms with Gasteiger partial charge in [-0.05, 0) is 43.7 Å². The van der Waals surface area contributed by atoms with E-state index in [0.29, 0.717) is 6.54 Å². The molecule has 0 aliphatic rings. The maximum atomic E-state index is 12.3. The van der Waals surface area contributed by atoms with Gasteiger partial charge >= 0.3 is 0 Å². The molecule has 3 rings (SSSR count). The summed E-state index contributed by atoms with van der Waals surface area (Å²) in [6.45, 7) is 4.65. The Labute approximate surface area is 129 Å². The first-order chi connectivity index (χ1) is 10.6. The largest absolute Gasteiger partial charge is 0.491 e. The minimum Gasteiger partial charge on any atom is -0.491 e. The van der Waals surface area contributed by atoms with Crippen LogP contribution in [0.15, 0.2) is 53.3 Å². The van der Waals surface area contributed by atoms with Crippen LogP contribution < -0.4 is 10.3 Å². The van der Waals surface area contributed by atoms with Crippen LogP contribution in [0.25, 0.3) is 10.9 Å². The van der Waals surface area contributed by atoms with Crippen LogP contribution >= 0.6 is 0 Å². The number of nitrogens with zero attached hydrogens (tertiary/aromatic N) is 2. The zero-order chi connectivity index (χ0) is 15.7. The molecule has 0 bridgehead atoms. The Morgan fingerprint density at radius 3 is 2.64 bits per heavy atom. The molecular weight excluding hydrogens is 276 g/mol. The van der Waals surface area contributed by atoms with Crippen molar-refractivity contribution in [1.29, 1.82) is 0 Å². The molecule has 0 aliphatic carbocycles. The lowest BCUT2D eigenvalue weighted by atomic mass is 10.2. The number of benzene rings is 2. The van der Waals surface area contributed by atoms with Crippen molar-refractivity contribution < 1.29 is 4.74 Å². The van der Waals surface area contributed by atoms with E-state index < -0.39 is 0 Å². The van der Waals surface area contributed by atoms with Crippen LogP contribution in [0.4, 0.5) is 0 Å². The van der Waals surface area contributed by atoms with E-state index in [1.165, 1.54) is 0 Å². The highest BCUT2D eigenvalue weighted by atomic mass is 16.5. The molecular formula is C18H20N2O2. The van der Waals surface area contributed by atoms with E-state index >= 15 is 0 Å². The van der Waals surface area contributed by atoms with E-state index in [4.69, 9.17) is 4.74 Å². The smallest absolute Gasteiger partial charge is 0.274 e. The van der Waals surface area contributed by atoms with Crippen molar-refractivity contribution >= 4 is 10.9 Å². The van der Waals surface area contributed by atoms with Crippen molar-refractivity contribution in [3.05, 3.63) is 64.4 Å². The molecule has 0 amide bonds. The molecule has 0 unspecified atom stereocenters. The van der Waals surface area contributed by atoms with Gasteiger partial charge in [0.05, 0.1) is 23.6 Å². The molecule has 3 aromatic rings. The lowest BCUT2D eigenvalue weighted by molar-refractivity contribution is 0.242. The second-order valence-corrected chi connectivity index (χ2v) is 5.72. The fourth-order valence-corrected chi connectivity index (χ4v) is 2.68. The van der Waals surface area contributed by atoms with Crippen molar-refractivity contribution in [3.8, 4) is 5.75 Å². The van der Waals surface area contributed by atoms with Crippen LogP contribution in [-0.4, -0.2) is 15.5 Å². The van der Waals surface area contributed by atoms with Gasteiger partial charge < -0.3 is 4.74 Å². The number of ether oxygens (including phenoxy) is 1. The molecule has 0 spiro atoms. The topological polar surface area (TPSA) is 36.2 Å². The lowest BCUT2D eigenvalue weighted by Crippen LogP contribution is -2.19. The zero-order valence-corrected chi connectivity index (χ0v) is 13.1. The van der Waals surface area contributed by atoms with E-state index in [-0.39, 0.29) is 11.7 Å². The van der Waals surface area contributed by atoms with Crippen molar-refractivity contribution in [3.63, 3.8) is 0 Å². The van der Waals surface area contributed by atoms with Crippen LogP contribution in [0.2, 0.25) is 0 Å². The molecule has 0 aliphatic heterocycles. The predicted octanol–water partition coefficient (Wildman–Crippen LogP) is 3.18. The van der Waals surface area contributed by atoms with Gasteiger partial charge in [0.25, 0.3) is 5.56 Å². The summed E-state index contributed by atoms with van der Waals surface area (Å²) in [5.74, 6) is 0.856. The third kappa shape index (κ3) is 2.64. The Morgan fingerprint density at radius 2 is 1.86 bits per heavy atom. The normalized spacial score (nSPS) is 11.3. The Balaban J connectivity index is 2.00. The molecule has 114 valence electrons. The first-order valence-corrected chi connectivity index (χ1v) is 7.46. The molecule has 0 atom stereocenters. The predicted molar refractivity (Wildman–Crippen MR) is 88.5 cm³/mol. The van der Waals surface area contributed by atoms with Crippen LogP contribution in [0.5, 0.6) is 5.75 Å². The van der Waals surface area contributed by atoms with Gasteiger partial charge in [0.15, 0.2) is 0 Å². The molecule has 4 nitrogen and oxygen atoms in total. The monoisotopic (exact) mass is 296 g/mol. The molecule has 0 saturated heterocycles. The molecule has 0 saturated carbocycles. The molecule has 0 N–H and O–H groups in total. The number of rotatable bonds is 4. The van der Waals surface area contributed by atoms with Gasteiger partial charge in [-0.1, -0.05) is 24.3 Å². The second-order valence-electron chi connectivity index (χ2n) is 5.72. The fourth-order valence-electron chi connectivity index (χ4n) is 2.68. The number of hydrogen-bond acceptors (Lipinski definition) is 2. The van der Waals surface area contributed by atoms with E-state index in [1.54, 1.807) is 11.7 Å². The van der Waals surface area contributed by atoms with Crippen molar-refractivity contribution in [2.24, 2.45) is 7.05 Å². The van der Waals surface area contributed by atoms with E-state index in [9.17, 15) is 4.79 Å². The average Bonchev–Trinajstić information content (AvgIpc) is 2.73. The Morgan fingerprint density at radius 1 is 1.09 bits per heavy atom. The van der Waals surface area contributed by atoms with Crippen LogP contribution in [0, 0.1) is 0 Å². The van der Waals surface area contributed by atoms with Gasteiger partial charge in [-0.15, -0.1) is 0 Å². The highest BCUT2D eigenvalue weighted by molar-refractivity contribution is 5.78. The first-order valence-electron chi connectivity index (χ1n) is 7.46. The molecule has 1 heterocycles. The number of aromatic nitrogens is 2. The fraction of sp³-hybridized carbons (Fsp3) is 0.278. The summed E-state index contributed by atoms with van der Waals surface area (Å²) < 4.78 is 9.40. The Bertz CT molecular complexity index is 859. The summed E-state index contributed by atoms with van der Waals surface area (Å²) in [6, 6.07) is 15.7. The molecule has 4 heteroatoms. The molecule has 2 aromatic carbocycles. The van der Waals surface area contributed by atoms with Gasteiger partial charge in [0.2, 0.25) is 0 Å².